The molecule has 0 amide bonds. The van der Waals surface area contributed by atoms with E-state index in [2.05, 4.69) is 9.97 Å². The number of rotatable bonds is 6. The second-order valence-electron chi connectivity index (χ2n) is 5.62. The minimum atomic E-state index is -4.43. The summed E-state index contributed by atoms with van der Waals surface area (Å²) in [6.45, 7) is 0. The molecule has 0 saturated carbocycles. The highest BCUT2D eigenvalue weighted by atomic mass is 32.2. The number of hydrogen-bond donors (Lipinski definition) is 0. The van der Waals surface area contributed by atoms with Gasteiger partial charge in [0, 0.05) is 30.5 Å². The lowest BCUT2D eigenvalue weighted by molar-refractivity contribution is -0.137. The molecule has 0 unspecified atom stereocenters. The van der Waals surface area contributed by atoms with Gasteiger partial charge in [0.15, 0.2) is 0 Å². The number of anilines is 1. The highest BCUT2D eigenvalue weighted by Gasteiger charge is 2.30. The van der Waals surface area contributed by atoms with Crippen molar-refractivity contribution in [2.75, 3.05) is 16.2 Å². The van der Waals surface area contributed by atoms with Gasteiger partial charge in [-0.15, -0.1) is 0 Å². The third kappa shape index (κ3) is 4.94. The Labute approximate surface area is 173 Å². The van der Waals surface area contributed by atoms with Gasteiger partial charge < -0.3 is 4.74 Å². The molecular formula is C19H15F4N3OS2. The number of nitrogens with zero attached hydrogens (tertiary/aromatic N) is 3. The van der Waals surface area contributed by atoms with Crippen molar-refractivity contribution < 1.29 is 22.3 Å². The van der Waals surface area contributed by atoms with Crippen LogP contribution in [0.1, 0.15) is 5.56 Å². The molecule has 4 nitrogen and oxygen atoms in total. The number of hydrogen-bond acceptors (Lipinski definition) is 6. The normalized spacial score (nSPS) is 11.4. The van der Waals surface area contributed by atoms with E-state index < -0.39 is 17.6 Å². The van der Waals surface area contributed by atoms with Gasteiger partial charge >= 0.3 is 6.18 Å². The number of benzene rings is 2. The molecule has 152 valence electrons. The average molecular weight is 441 g/mol. The lowest BCUT2D eigenvalue weighted by Crippen LogP contribution is -2.04. The molecule has 0 radical (unpaired) electrons. The van der Waals surface area contributed by atoms with E-state index in [1.165, 1.54) is 54.5 Å². The lowest BCUT2D eigenvalue weighted by atomic mass is 10.1. The molecule has 0 spiro atoms. The van der Waals surface area contributed by atoms with E-state index in [-0.39, 0.29) is 17.3 Å². The summed E-state index contributed by atoms with van der Waals surface area (Å²) in [4.78, 5) is 8.29. The van der Waals surface area contributed by atoms with Gasteiger partial charge in [0.1, 0.15) is 17.3 Å². The Bertz CT molecular complexity index is 980. The van der Waals surface area contributed by atoms with E-state index in [1.807, 2.05) is 12.5 Å². The molecule has 0 aliphatic rings. The molecule has 3 rings (SSSR count). The van der Waals surface area contributed by atoms with Gasteiger partial charge in [-0.05, 0) is 60.3 Å². The molecular weight excluding hydrogens is 426 g/mol. The van der Waals surface area contributed by atoms with Gasteiger partial charge in [-0.3, -0.25) is 3.71 Å². The van der Waals surface area contributed by atoms with Crippen molar-refractivity contribution in [1.29, 1.82) is 0 Å². The van der Waals surface area contributed by atoms with Crippen LogP contribution in [0.15, 0.2) is 54.9 Å². The van der Waals surface area contributed by atoms with Crippen LogP contribution in [0.5, 0.6) is 11.6 Å². The van der Waals surface area contributed by atoms with Crippen molar-refractivity contribution in [3.8, 4) is 22.9 Å². The average Bonchev–Trinajstić information content (AvgIpc) is 2.70. The first-order chi connectivity index (χ1) is 13.8. The zero-order valence-corrected chi connectivity index (χ0v) is 16.9. The van der Waals surface area contributed by atoms with Crippen LogP contribution in [0.3, 0.4) is 0 Å². The third-order valence-electron chi connectivity index (χ3n) is 3.81. The van der Waals surface area contributed by atoms with Crippen molar-refractivity contribution in [2.24, 2.45) is 0 Å². The number of alkyl halides is 3. The maximum Gasteiger partial charge on any atom is 0.416 e. The summed E-state index contributed by atoms with van der Waals surface area (Å²) in [5.41, 5.74) is 0.331. The van der Waals surface area contributed by atoms with E-state index in [0.717, 1.165) is 12.1 Å². The fourth-order valence-electron chi connectivity index (χ4n) is 2.50. The molecule has 0 fully saturated rings. The maximum absolute atomic E-state index is 14.6. The fraction of sp³-hybridized carbons (Fsp3) is 0.158. The predicted octanol–water partition coefficient (Wildman–Crippen LogP) is 6.46. The minimum absolute atomic E-state index is 0.0611. The van der Waals surface area contributed by atoms with Crippen LogP contribution in [-0.4, -0.2) is 22.5 Å². The number of ether oxygens (including phenoxy) is 1. The van der Waals surface area contributed by atoms with Crippen LogP contribution in [-0.2, 0) is 6.18 Å². The Kier molecular flexibility index (Phi) is 6.53. The topological polar surface area (TPSA) is 38.2 Å². The SMILES string of the molecule is CSN(SC)c1ccc(-c2nccnc2Oc2ccc(C(F)(F)F)cc2)cc1F. The first-order valence-corrected chi connectivity index (χ1v) is 10.5. The van der Waals surface area contributed by atoms with Gasteiger partial charge in [0.05, 0.1) is 11.3 Å². The summed E-state index contributed by atoms with van der Waals surface area (Å²) in [6, 6.07) is 8.84. The standard InChI is InChI=1S/C19H15F4N3OS2/c1-28-26(29-2)16-8-3-12(11-15(16)20)17-18(25-10-9-24-17)27-14-6-4-13(5-7-14)19(21,22)23/h3-11H,1-2H3. The number of aromatic nitrogens is 2. The summed E-state index contributed by atoms with van der Waals surface area (Å²) in [7, 11) is 0. The van der Waals surface area contributed by atoms with Gasteiger partial charge in [-0.1, -0.05) is 6.07 Å². The second kappa shape index (κ2) is 8.91. The highest BCUT2D eigenvalue weighted by Crippen LogP contribution is 2.36. The molecule has 1 aromatic heterocycles. The summed E-state index contributed by atoms with van der Waals surface area (Å²) in [5, 5.41) is 0. The van der Waals surface area contributed by atoms with Crippen LogP contribution < -0.4 is 8.45 Å². The van der Waals surface area contributed by atoms with Crippen LogP contribution in [0.25, 0.3) is 11.3 Å². The first-order valence-electron chi connectivity index (χ1n) is 8.18. The molecule has 0 saturated heterocycles. The Morgan fingerprint density at radius 1 is 0.931 bits per heavy atom. The maximum atomic E-state index is 14.6. The molecule has 3 aromatic rings. The monoisotopic (exact) mass is 441 g/mol. The Balaban J connectivity index is 1.90. The molecule has 10 heteroatoms. The zero-order valence-electron chi connectivity index (χ0n) is 15.3. The smallest absolute Gasteiger partial charge is 0.416 e. The van der Waals surface area contributed by atoms with Crippen molar-refractivity contribution >= 4 is 29.6 Å². The summed E-state index contributed by atoms with van der Waals surface area (Å²) >= 11 is 2.74. The Morgan fingerprint density at radius 2 is 1.59 bits per heavy atom. The molecule has 2 aromatic carbocycles. The van der Waals surface area contributed by atoms with Crippen molar-refractivity contribution in [3.63, 3.8) is 0 Å². The molecule has 29 heavy (non-hydrogen) atoms. The largest absolute Gasteiger partial charge is 0.437 e. The number of halogens is 4. The van der Waals surface area contributed by atoms with Gasteiger partial charge in [0.25, 0.3) is 0 Å². The van der Waals surface area contributed by atoms with Crippen LogP contribution >= 0.6 is 23.9 Å². The lowest BCUT2D eigenvalue weighted by Gasteiger charge is -2.19. The summed E-state index contributed by atoms with van der Waals surface area (Å²) in [6.07, 6.45) is 2.05. The van der Waals surface area contributed by atoms with E-state index in [0.29, 0.717) is 11.3 Å². The molecule has 0 aliphatic heterocycles. The quantitative estimate of drug-likeness (QED) is 0.323. The summed E-state index contributed by atoms with van der Waals surface area (Å²) in [5.74, 6) is -0.226. The Hall–Kier alpha value is -2.46. The van der Waals surface area contributed by atoms with E-state index in [9.17, 15) is 17.6 Å². The predicted molar refractivity (Wildman–Crippen MR) is 108 cm³/mol. The molecule has 0 bridgehead atoms. The molecule has 0 atom stereocenters. The Morgan fingerprint density at radius 3 is 2.17 bits per heavy atom. The molecule has 1 heterocycles. The van der Waals surface area contributed by atoms with Crippen LogP contribution in [0, 0.1) is 5.82 Å². The molecule has 0 aliphatic carbocycles. The van der Waals surface area contributed by atoms with Crippen molar-refractivity contribution in [3.05, 3.63) is 66.2 Å². The van der Waals surface area contributed by atoms with Crippen molar-refractivity contribution in [2.45, 2.75) is 6.18 Å². The summed E-state index contributed by atoms with van der Waals surface area (Å²) < 4.78 is 60.1. The third-order valence-corrected chi connectivity index (χ3v) is 5.76. The van der Waals surface area contributed by atoms with E-state index in [1.54, 1.807) is 15.8 Å². The van der Waals surface area contributed by atoms with Crippen molar-refractivity contribution in [1.82, 2.24) is 9.97 Å². The minimum Gasteiger partial charge on any atom is -0.437 e. The van der Waals surface area contributed by atoms with Gasteiger partial charge in [0.2, 0.25) is 5.88 Å². The van der Waals surface area contributed by atoms with E-state index in [4.69, 9.17) is 4.74 Å². The molecule has 0 N–H and O–H groups in total. The van der Waals surface area contributed by atoms with Crippen LogP contribution in [0.4, 0.5) is 23.2 Å². The van der Waals surface area contributed by atoms with Gasteiger partial charge in [-0.2, -0.15) is 13.2 Å². The van der Waals surface area contributed by atoms with Crippen LogP contribution in [0.2, 0.25) is 0 Å². The fourth-order valence-corrected chi connectivity index (χ4v) is 3.78. The highest BCUT2D eigenvalue weighted by molar-refractivity contribution is 8.17. The first kappa shape index (κ1) is 21.3. The van der Waals surface area contributed by atoms with Gasteiger partial charge in [-0.25, -0.2) is 14.4 Å². The van der Waals surface area contributed by atoms with E-state index >= 15 is 0 Å². The second-order valence-corrected chi connectivity index (χ2v) is 7.31. The zero-order chi connectivity index (χ0) is 21.0.